The summed E-state index contributed by atoms with van der Waals surface area (Å²) < 4.78 is 30.5. The molecule has 0 bridgehead atoms. The van der Waals surface area contributed by atoms with Gasteiger partial charge in [0.05, 0.1) is 12.2 Å². The summed E-state index contributed by atoms with van der Waals surface area (Å²) in [4.78, 5) is 12.7. The van der Waals surface area contributed by atoms with Crippen LogP contribution in [0.3, 0.4) is 0 Å². The average molecular weight is 381 g/mol. The van der Waals surface area contributed by atoms with Crippen molar-refractivity contribution in [2.75, 3.05) is 39.1 Å². The molecule has 0 unspecified atom stereocenters. The van der Waals surface area contributed by atoms with E-state index in [4.69, 9.17) is 4.74 Å². The van der Waals surface area contributed by atoms with Crippen molar-refractivity contribution in [3.8, 4) is 0 Å². The Balaban J connectivity index is 1.66. The van der Waals surface area contributed by atoms with Crippen LogP contribution in [0.25, 0.3) is 0 Å². The van der Waals surface area contributed by atoms with Gasteiger partial charge < -0.3 is 10.1 Å². The topological polar surface area (TPSA) is 75.7 Å². The molecule has 0 aromatic heterocycles. The zero-order valence-electron chi connectivity index (χ0n) is 15.3. The first kappa shape index (κ1) is 19.3. The van der Waals surface area contributed by atoms with Gasteiger partial charge in [-0.1, -0.05) is 30.3 Å². The van der Waals surface area contributed by atoms with Crippen LogP contribution in [0, 0.1) is 5.92 Å². The summed E-state index contributed by atoms with van der Waals surface area (Å²) in [5, 5.41) is 3.12. The van der Waals surface area contributed by atoms with Crippen molar-refractivity contribution in [1.82, 2.24) is 9.62 Å². The van der Waals surface area contributed by atoms with Gasteiger partial charge in [0.1, 0.15) is 0 Å². The van der Waals surface area contributed by atoms with Crippen molar-refractivity contribution >= 4 is 15.9 Å². The third kappa shape index (κ3) is 4.45. The van der Waals surface area contributed by atoms with Gasteiger partial charge in [-0.3, -0.25) is 4.79 Å². The summed E-state index contributed by atoms with van der Waals surface area (Å²) in [6, 6.07) is 10.3. The molecule has 0 spiro atoms. The van der Waals surface area contributed by atoms with E-state index in [0.29, 0.717) is 26.3 Å². The maximum Gasteiger partial charge on any atom is 0.224 e. The molecular weight excluding hydrogens is 352 g/mol. The SMILES string of the molecule is CS(=O)(=O)N1CCC[C@@H](C(=O)NCC2(c3ccccc3)CCOCC2)C1. The fourth-order valence-corrected chi connectivity index (χ4v) is 4.89. The molecule has 0 saturated carbocycles. The number of hydrogen-bond acceptors (Lipinski definition) is 4. The highest BCUT2D eigenvalue weighted by Gasteiger charge is 2.36. The number of nitrogens with zero attached hydrogens (tertiary/aromatic N) is 1. The molecule has 144 valence electrons. The summed E-state index contributed by atoms with van der Waals surface area (Å²) in [6.07, 6.45) is 4.41. The van der Waals surface area contributed by atoms with Gasteiger partial charge in [0.25, 0.3) is 0 Å². The highest BCUT2D eigenvalue weighted by Crippen LogP contribution is 2.34. The molecule has 6 nitrogen and oxygen atoms in total. The van der Waals surface area contributed by atoms with E-state index < -0.39 is 10.0 Å². The van der Waals surface area contributed by atoms with E-state index in [9.17, 15) is 13.2 Å². The number of carbonyl (C=O) groups excluding carboxylic acids is 1. The van der Waals surface area contributed by atoms with Crippen LogP contribution in [0.5, 0.6) is 0 Å². The molecule has 1 aromatic rings. The predicted octanol–water partition coefficient (Wildman–Crippen LogP) is 1.52. The van der Waals surface area contributed by atoms with E-state index in [-0.39, 0.29) is 23.8 Å². The number of hydrogen-bond donors (Lipinski definition) is 1. The van der Waals surface area contributed by atoms with Gasteiger partial charge in [-0.05, 0) is 31.2 Å². The minimum absolute atomic E-state index is 0.0415. The molecule has 2 saturated heterocycles. The number of carbonyl (C=O) groups is 1. The fourth-order valence-electron chi connectivity index (χ4n) is 3.98. The number of piperidine rings is 1. The fraction of sp³-hybridized carbons (Fsp3) is 0.632. The molecule has 2 heterocycles. The normalized spacial score (nSPS) is 24.1. The number of rotatable bonds is 5. The van der Waals surface area contributed by atoms with E-state index in [0.717, 1.165) is 25.7 Å². The quantitative estimate of drug-likeness (QED) is 0.840. The molecule has 2 fully saturated rings. The molecule has 1 aromatic carbocycles. The lowest BCUT2D eigenvalue weighted by Crippen LogP contribution is -2.49. The van der Waals surface area contributed by atoms with E-state index in [1.165, 1.54) is 16.1 Å². The van der Waals surface area contributed by atoms with Crippen molar-refractivity contribution in [2.24, 2.45) is 5.92 Å². The number of amides is 1. The Morgan fingerprint density at radius 3 is 2.62 bits per heavy atom. The van der Waals surface area contributed by atoms with Crippen LogP contribution >= 0.6 is 0 Å². The Morgan fingerprint density at radius 1 is 1.27 bits per heavy atom. The third-order valence-electron chi connectivity index (χ3n) is 5.66. The highest BCUT2D eigenvalue weighted by atomic mass is 32.2. The minimum Gasteiger partial charge on any atom is -0.381 e. The second-order valence-corrected chi connectivity index (χ2v) is 9.42. The number of sulfonamides is 1. The Morgan fingerprint density at radius 2 is 1.96 bits per heavy atom. The Hall–Kier alpha value is -1.44. The first-order chi connectivity index (χ1) is 12.4. The van der Waals surface area contributed by atoms with Gasteiger partial charge in [-0.2, -0.15) is 0 Å². The summed E-state index contributed by atoms with van der Waals surface area (Å²) >= 11 is 0. The highest BCUT2D eigenvalue weighted by molar-refractivity contribution is 7.88. The van der Waals surface area contributed by atoms with Crippen molar-refractivity contribution < 1.29 is 17.9 Å². The molecule has 1 atom stereocenters. The van der Waals surface area contributed by atoms with Crippen LogP contribution < -0.4 is 5.32 Å². The summed E-state index contributed by atoms with van der Waals surface area (Å²) in [6.45, 7) is 2.74. The molecule has 7 heteroatoms. The van der Waals surface area contributed by atoms with Crippen molar-refractivity contribution in [3.63, 3.8) is 0 Å². The lowest BCUT2D eigenvalue weighted by atomic mass is 9.74. The van der Waals surface area contributed by atoms with Crippen LogP contribution in [0.4, 0.5) is 0 Å². The van der Waals surface area contributed by atoms with Gasteiger partial charge in [0.2, 0.25) is 15.9 Å². The van der Waals surface area contributed by atoms with E-state index in [2.05, 4.69) is 17.4 Å². The van der Waals surface area contributed by atoms with Crippen LogP contribution in [-0.4, -0.2) is 57.7 Å². The number of benzene rings is 1. The molecule has 0 aliphatic carbocycles. The molecule has 1 amide bonds. The average Bonchev–Trinajstić information content (AvgIpc) is 2.67. The molecule has 1 N–H and O–H groups in total. The zero-order chi connectivity index (χ0) is 18.6. The van der Waals surface area contributed by atoms with Gasteiger partial charge >= 0.3 is 0 Å². The molecule has 2 aliphatic heterocycles. The molecule has 2 aliphatic rings. The van der Waals surface area contributed by atoms with Crippen molar-refractivity contribution in [2.45, 2.75) is 31.1 Å². The molecule has 3 rings (SSSR count). The van der Waals surface area contributed by atoms with Gasteiger partial charge in [0.15, 0.2) is 0 Å². The van der Waals surface area contributed by atoms with Crippen LogP contribution in [0.15, 0.2) is 30.3 Å². The third-order valence-corrected chi connectivity index (χ3v) is 6.93. The standard InChI is InChI=1S/C19H28N2O4S/c1-26(23,24)21-11-5-6-16(14-21)18(22)20-15-19(9-12-25-13-10-19)17-7-3-2-4-8-17/h2-4,7-8,16H,5-6,9-15H2,1H3,(H,20,22)/t16-/m1/s1. The van der Waals surface area contributed by atoms with E-state index >= 15 is 0 Å². The van der Waals surface area contributed by atoms with Crippen LogP contribution in [0.2, 0.25) is 0 Å². The van der Waals surface area contributed by atoms with Crippen LogP contribution in [-0.2, 0) is 25.0 Å². The van der Waals surface area contributed by atoms with Crippen molar-refractivity contribution in [3.05, 3.63) is 35.9 Å². The zero-order valence-corrected chi connectivity index (χ0v) is 16.1. The second-order valence-electron chi connectivity index (χ2n) is 7.44. The molecule has 26 heavy (non-hydrogen) atoms. The Labute approximate surface area is 156 Å². The Kier molecular flexibility index (Phi) is 5.99. The number of nitrogens with one attached hydrogen (secondary N) is 1. The minimum atomic E-state index is -3.25. The van der Waals surface area contributed by atoms with Crippen molar-refractivity contribution in [1.29, 1.82) is 0 Å². The van der Waals surface area contributed by atoms with Gasteiger partial charge in [0, 0.05) is 38.3 Å². The van der Waals surface area contributed by atoms with E-state index in [1.807, 2.05) is 18.2 Å². The maximum absolute atomic E-state index is 12.7. The Bertz CT molecular complexity index is 714. The van der Waals surface area contributed by atoms with Gasteiger partial charge in [-0.15, -0.1) is 0 Å². The largest absolute Gasteiger partial charge is 0.381 e. The monoisotopic (exact) mass is 380 g/mol. The number of ether oxygens (including phenoxy) is 1. The predicted molar refractivity (Wildman–Crippen MR) is 100 cm³/mol. The summed E-state index contributed by atoms with van der Waals surface area (Å²) in [5.74, 6) is -0.314. The lowest BCUT2D eigenvalue weighted by molar-refractivity contribution is -0.126. The first-order valence-electron chi connectivity index (χ1n) is 9.27. The van der Waals surface area contributed by atoms with Crippen LogP contribution in [0.1, 0.15) is 31.2 Å². The molecule has 0 radical (unpaired) electrons. The first-order valence-corrected chi connectivity index (χ1v) is 11.1. The van der Waals surface area contributed by atoms with E-state index in [1.54, 1.807) is 0 Å². The second kappa shape index (κ2) is 8.06. The maximum atomic E-state index is 12.7. The summed E-state index contributed by atoms with van der Waals surface area (Å²) in [5.41, 5.74) is 1.12. The van der Waals surface area contributed by atoms with Gasteiger partial charge in [-0.25, -0.2) is 12.7 Å². The lowest BCUT2D eigenvalue weighted by Gasteiger charge is -2.38. The molecular formula is C19H28N2O4S. The summed E-state index contributed by atoms with van der Waals surface area (Å²) in [7, 11) is -3.25. The smallest absolute Gasteiger partial charge is 0.224 e.